The summed E-state index contributed by atoms with van der Waals surface area (Å²) in [6.07, 6.45) is 0.235. The molecule has 0 aromatic heterocycles. The highest BCUT2D eigenvalue weighted by molar-refractivity contribution is 9.10. The average Bonchev–Trinajstić information content (AvgIpc) is 2.92. The summed E-state index contributed by atoms with van der Waals surface area (Å²) < 4.78 is 1.91. The number of anilines is 2. The number of benzene rings is 2. The zero-order valence-corrected chi connectivity index (χ0v) is 15.3. The number of nitrogens with one attached hydrogen (secondary N) is 1. The molecule has 1 fully saturated rings. The molecule has 23 heavy (non-hydrogen) atoms. The lowest BCUT2D eigenvalue weighted by atomic mass is 10.1. The first-order valence-corrected chi connectivity index (χ1v) is 8.74. The van der Waals surface area contributed by atoms with Crippen LogP contribution in [0.2, 0.25) is 0 Å². The van der Waals surface area contributed by atoms with Crippen LogP contribution in [0.25, 0.3) is 0 Å². The van der Waals surface area contributed by atoms with Gasteiger partial charge in [-0.25, -0.2) is 0 Å². The van der Waals surface area contributed by atoms with Gasteiger partial charge in [0.05, 0.1) is 5.92 Å². The Balaban J connectivity index is 1.68. The van der Waals surface area contributed by atoms with Crippen LogP contribution in [0.15, 0.2) is 57.5 Å². The third-order valence-electron chi connectivity index (χ3n) is 3.75. The van der Waals surface area contributed by atoms with Crippen molar-refractivity contribution in [3.8, 4) is 0 Å². The van der Waals surface area contributed by atoms with E-state index in [0.717, 1.165) is 20.3 Å². The van der Waals surface area contributed by atoms with Gasteiger partial charge in [-0.3, -0.25) is 9.59 Å². The zero-order valence-electron chi connectivity index (χ0n) is 12.1. The van der Waals surface area contributed by atoms with E-state index in [1.165, 1.54) is 0 Å². The molecule has 1 saturated heterocycles. The number of carbonyl (C=O) groups excluding carboxylic acids is 2. The van der Waals surface area contributed by atoms with Gasteiger partial charge in [-0.05, 0) is 48.5 Å². The molecule has 6 heteroatoms. The van der Waals surface area contributed by atoms with Crippen LogP contribution >= 0.6 is 31.9 Å². The summed E-state index contributed by atoms with van der Waals surface area (Å²) >= 11 is 6.73. The second kappa shape index (κ2) is 6.84. The summed E-state index contributed by atoms with van der Waals surface area (Å²) in [4.78, 5) is 26.2. The van der Waals surface area contributed by atoms with Gasteiger partial charge >= 0.3 is 0 Å². The largest absolute Gasteiger partial charge is 0.326 e. The molecule has 2 aromatic rings. The number of hydrogen-bond donors (Lipinski definition) is 1. The summed E-state index contributed by atoms with van der Waals surface area (Å²) in [7, 11) is 0. The number of nitrogens with zero attached hydrogens (tertiary/aromatic N) is 1. The minimum absolute atomic E-state index is 0.0247. The lowest BCUT2D eigenvalue weighted by molar-refractivity contribution is -0.122. The average molecular weight is 438 g/mol. The van der Waals surface area contributed by atoms with Crippen molar-refractivity contribution in [2.75, 3.05) is 16.8 Å². The van der Waals surface area contributed by atoms with Crippen LogP contribution in [0.3, 0.4) is 0 Å². The van der Waals surface area contributed by atoms with Gasteiger partial charge in [0, 0.05) is 33.3 Å². The van der Waals surface area contributed by atoms with Crippen molar-refractivity contribution in [3.63, 3.8) is 0 Å². The smallest absolute Gasteiger partial charge is 0.229 e. The highest BCUT2D eigenvalue weighted by Crippen LogP contribution is 2.27. The number of amides is 2. The first-order chi connectivity index (χ1) is 11.0. The number of hydrogen-bond acceptors (Lipinski definition) is 2. The zero-order chi connectivity index (χ0) is 16.4. The lowest BCUT2D eigenvalue weighted by Gasteiger charge is -2.16. The first-order valence-electron chi connectivity index (χ1n) is 7.15. The molecular formula is C17H14Br2N2O2. The van der Waals surface area contributed by atoms with Gasteiger partial charge in [0.15, 0.2) is 0 Å². The van der Waals surface area contributed by atoms with Crippen molar-refractivity contribution < 1.29 is 9.59 Å². The number of halogens is 2. The van der Waals surface area contributed by atoms with Gasteiger partial charge in [0.25, 0.3) is 0 Å². The molecule has 1 aliphatic heterocycles. The van der Waals surface area contributed by atoms with Crippen molar-refractivity contribution >= 4 is 55.0 Å². The Morgan fingerprint density at radius 1 is 1.00 bits per heavy atom. The Bertz CT molecular complexity index is 729. The van der Waals surface area contributed by atoms with Crippen LogP contribution in [0, 0.1) is 5.92 Å². The molecule has 1 aliphatic rings. The number of rotatable bonds is 3. The van der Waals surface area contributed by atoms with Gasteiger partial charge in [-0.15, -0.1) is 0 Å². The Morgan fingerprint density at radius 3 is 2.17 bits per heavy atom. The molecule has 0 spiro atoms. The van der Waals surface area contributed by atoms with E-state index < -0.39 is 0 Å². The van der Waals surface area contributed by atoms with Gasteiger partial charge in [-0.2, -0.15) is 0 Å². The fourth-order valence-corrected chi connectivity index (χ4v) is 3.06. The van der Waals surface area contributed by atoms with E-state index in [-0.39, 0.29) is 24.2 Å². The maximum absolute atomic E-state index is 12.4. The predicted octanol–water partition coefficient (Wildman–Crippen LogP) is 4.20. The summed E-state index contributed by atoms with van der Waals surface area (Å²) in [6, 6.07) is 14.9. The standard InChI is InChI=1S/C17H14Br2N2O2/c18-12-1-5-14(6-2-12)20-17(23)11-9-16(22)21(10-11)15-7-3-13(19)4-8-15/h1-8,11H,9-10H2,(H,20,23). The maximum atomic E-state index is 12.4. The normalized spacial score (nSPS) is 17.4. The van der Waals surface area contributed by atoms with Crippen LogP contribution in [-0.2, 0) is 9.59 Å². The first kappa shape index (κ1) is 16.2. The Hall–Kier alpha value is -1.66. The molecule has 1 N–H and O–H groups in total. The summed E-state index contributed by atoms with van der Waals surface area (Å²) in [5.74, 6) is -0.488. The minimum atomic E-state index is -0.338. The molecule has 1 atom stereocenters. The monoisotopic (exact) mass is 436 g/mol. The van der Waals surface area contributed by atoms with Gasteiger partial charge in [0.2, 0.25) is 11.8 Å². The van der Waals surface area contributed by atoms with Crippen LogP contribution in [-0.4, -0.2) is 18.4 Å². The van der Waals surface area contributed by atoms with E-state index in [4.69, 9.17) is 0 Å². The van der Waals surface area contributed by atoms with Crippen molar-refractivity contribution in [2.24, 2.45) is 5.92 Å². The van der Waals surface area contributed by atoms with Crippen molar-refractivity contribution in [2.45, 2.75) is 6.42 Å². The van der Waals surface area contributed by atoms with Crippen LogP contribution in [0.5, 0.6) is 0 Å². The van der Waals surface area contributed by atoms with E-state index in [2.05, 4.69) is 37.2 Å². The highest BCUT2D eigenvalue weighted by Gasteiger charge is 2.35. The van der Waals surface area contributed by atoms with Gasteiger partial charge < -0.3 is 10.2 Å². The lowest BCUT2D eigenvalue weighted by Crippen LogP contribution is -2.28. The summed E-state index contributed by atoms with van der Waals surface area (Å²) in [6.45, 7) is 0.406. The number of carbonyl (C=O) groups is 2. The molecule has 0 aliphatic carbocycles. The molecule has 2 amide bonds. The van der Waals surface area contributed by atoms with E-state index in [1.807, 2.05) is 48.5 Å². The van der Waals surface area contributed by atoms with E-state index in [1.54, 1.807) is 4.90 Å². The fraction of sp³-hybridized carbons (Fsp3) is 0.176. The van der Waals surface area contributed by atoms with Gasteiger partial charge in [-0.1, -0.05) is 31.9 Å². The molecule has 0 radical (unpaired) electrons. The van der Waals surface area contributed by atoms with Crippen LogP contribution in [0.1, 0.15) is 6.42 Å². The molecule has 0 saturated carbocycles. The highest BCUT2D eigenvalue weighted by atomic mass is 79.9. The molecule has 2 aromatic carbocycles. The van der Waals surface area contributed by atoms with E-state index in [0.29, 0.717) is 6.54 Å². The molecule has 4 nitrogen and oxygen atoms in total. The van der Waals surface area contributed by atoms with Crippen molar-refractivity contribution in [3.05, 3.63) is 57.5 Å². The third kappa shape index (κ3) is 3.82. The third-order valence-corrected chi connectivity index (χ3v) is 4.80. The second-order valence-corrected chi connectivity index (χ2v) is 7.21. The van der Waals surface area contributed by atoms with E-state index in [9.17, 15) is 9.59 Å². The van der Waals surface area contributed by atoms with Crippen LogP contribution in [0.4, 0.5) is 11.4 Å². The Labute approximate surface area is 151 Å². The Morgan fingerprint density at radius 2 is 1.57 bits per heavy atom. The predicted molar refractivity (Wildman–Crippen MR) is 97.4 cm³/mol. The SMILES string of the molecule is O=C(Nc1ccc(Br)cc1)C1CC(=O)N(c2ccc(Br)cc2)C1. The topological polar surface area (TPSA) is 49.4 Å². The minimum Gasteiger partial charge on any atom is -0.326 e. The Kier molecular flexibility index (Phi) is 4.82. The maximum Gasteiger partial charge on any atom is 0.229 e. The van der Waals surface area contributed by atoms with Crippen LogP contribution < -0.4 is 10.2 Å². The van der Waals surface area contributed by atoms with Crippen molar-refractivity contribution in [1.29, 1.82) is 0 Å². The summed E-state index contributed by atoms with van der Waals surface area (Å²) in [5, 5.41) is 2.87. The molecule has 1 heterocycles. The van der Waals surface area contributed by atoms with Crippen molar-refractivity contribution in [1.82, 2.24) is 0 Å². The molecular weight excluding hydrogens is 424 g/mol. The molecule has 0 bridgehead atoms. The fourth-order valence-electron chi connectivity index (χ4n) is 2.53. The molecule has 118 valence electrons. The quantitative estimate of drug-likeness (QED) is 0.782. The molecule has 3 rings (SSSR count). The van der Waals surface area contributed by atoms with E-state index >= 15 is 0 Å². The van der Waals surface area contributed by atoms with Gasteiger partial charge in [0.1, 0.15) is 0 Å². The second-order valence-electron chi connectivity index (χ2n) is 5.38. The summed E-state index contributed by atoms with van der Waals surface area (Å²) in [5.41, 5.74) is 1.55. The molecule has 1 unspecified atom stereocenters.